The van der Waals surface area contributed by atoms with Crippen molar-refractivity contribution in [1.82, 2.24) is 10.2 Å². The molecule has 1 aliphatic heterocycles. The standard InChI is InChI=1S/C17H27FN2S/c1-3-9-19-17(15-4-6-16(18)7-5-15)8-10-20-11-12-21-13-14(20)2/h4-7,14,17,19H,3,8-13H2,1-2H3. The van der Waals surface area contributed by atoms with Crippen molar-refractivity contribution in [1.29, 1.82) is 0 Å². The molecule has 0 radical (unpaired) electrons. The summed E-state index contributed by atoms with van der Waals surface area (Å²) in [4.78, 5) is 2.58. The fraction of sp³-hybridized carbons (Fsp3) is 0.647. The third-order valence-corrected chi connectivity index (χ3v) is 5.31. The number of hydrogen-bond acceptors (Lipinski definition) is 3. The highest BCUT2D eigenvalue weighted by Crippen LogP contribution is 2.21. The van der Waals surface area contributed by atoms with Crippen LogP contribution in [0.15, 0.2) is 24.3 Å². The van der Waals surface area contributed by atoms with Crippen molar-refractivity contribution in [3.63, 3.8) is 0 Å². The van der Waals surface area contributed by atoms with Crippen molar-refractivity contribution in [3.8, 4) is 0 Å². The van der Waals surface area contributed by atoms with Crippen LogP contribution in [-0.2, 0) is 0 Å². The summed E-state index contributed by atoms with van der Waals surface area (Å²) in [5.74, 6) is 2.33. The van der Waals surface area contributed by atoms with Crippen LogP contribution in [0.2, 0.25) is 0 Å². The van der Waals surface area contributed by atoms with E-state index in [0.29, 0.717) is 12.1 Å². The summed E-state index contributed by atoms with van der Waals surface area (Å²) in [6, 6.07) is 7.96. The van der Waals surface area contributed by atoms with E-state index in [0.717, 1.165) is 25.9 Å². The fourth-order valence-electron chi connectivity index (χ4n) is 2.79. The van der Waals surface area contributed by atoms with E-state index < -0.39 is 0 Å². The van der Waals surface area contributed by atoms with E-state index in [9.17, 15) is 4.39 Å². The fourth-order valence-corrected chi connectivity index (χ4v) is 3.87. The summed E-state index contributed by atoms with van der Waals surface area (Å²) < 4.78 is 13.1. The summed E-state index contributed by atoms with van der Waals surface area (Å²) >= 11 is 2.05. The largest absolute Gasteiger partial charge is 0.310 e. The van der Waals surface area contributed by atoms with Crippen molar-refractivity contribution in [2.45, 2.75) is 38.8 Å². The van der Waals surface area contributed by atoms with Gasteiger partial charge in [-0.1, -0.05) is 19.1 Å². The molecule has 1 fully saturated rings. The minimum Gasteiger partial charge on any atom is -0.310 e. The zero-order chi connectivity index (χ0) is 15.1. The van der Waals surface area contributed by atoms with Crippen LogP contribution in [0, 0.1) is 5.82 Å². The highest BCUT2D eigenvalue weighted by Gasteiger charge is 2.20. The predicted octanol–water partition coefficient (Wildman–Crippen LogP) is 3.69. The first-order valence-electron chi connectivity index (χ1n) is 8.01. The Labute approximate surface area is 132 Å². The van der Waals surface area contributed by atoms with Crippen LogP contribution in [0.4, 0.5) is 4.39 Å². The van der Waals surface area contributed by atoms with Gasteiger partial charge in [-0.25, -0.2) is 4.39 Å². The van der Waals surface area contributed by atoms with E-state index in [-0.39, 0.29) is 5.82 Å². The Morgan fingerprint density at radius 2 is 2.14 bits per heavy atom. The number of nitrogens with zero attached hydrogens (tertiary/aromatic N) is 1. The van der Waals surface area contributed by atoms with E-state index in [2.05, 4.69) is 35.8 Å². The van der Waals surface area contributed by atoms with Gasteiger partial charge < -0.3 is 5.32 Å². The molecule has 1 aromatic rings. The highest BCUT2D eigenvalue weighted by molar-refractivity contribution is 7.99. The Bertz CT molecular complexity index is 410. The van der Waals surface area contributed by atoms with Crippen molar-refractivity contribution in [2.24, 2.45) is 0 Å². The zero-order valence-electron chi connectivity index (χ0n) is 13.1. The molecule has 1 heterocycles. The average molecular weight is 310 g/mol. The molecule has 2 atom stereocenters. The van der Waals surface area contributed by atoms with E-state index in [1.165, 1.54) is 23.6 Å². The molecule has 0 aromatic heterocycles. The Balaban J connectivity index is 1.94. The van der Waals surface area contributed by atoms with Gasteiger partial charge in [0.05, 0.1) is 0 Å². The Kier molecular flexibility index (Phi) is 7.00. The first-order chi connectivity index (χ1) is 10.2. The van der Waals surface area contributed by atoms with E-state index in [4.69, 9.17) is 0 Å². The van der Waals surface area contributed by atoms with Crippen LogP contribution in [0.5, 0.6) is 0 Å². The molecule has 1 aliphatic rings. The topological polar surface area (TPSA) is 15.3 Å². The molecule has 0 saturated carbocycles. The van der Waals surface area contributed by atoms with Crippen LogP contribution < -0.4 is 5.32 Å². The molecule has 2 rings (SSSR count). The lowest BCUT2D eigenvalue weighted by atomic mass is 10.0. The van der Waals surface area contributed by atoms with Crippen LogP contribution in [-0.4, -0.2) is 42.1 Å². The number of rotatable bonds is 7. The average Bonchev–Trinajstić information content (AvgIpc) is 2.50. The molecule has 0 bridgehead atoms. The molecule has 118 valence electrons. The maximum absolute atomic E-state index is 13.1. The molecule has 0 amide bonds. The first-order valence-corrected chi connectivity index (χ1v) is 9.16. The third kappa shape index (κ3) is 5.28. The lowest BCUT2D eigenvalue weighted by Crippen LogP contribution is -2.42. The van der Waals surface area contributed by atoms with Gasteiger partial charge >= 0.3 is 0 Å². The lowest BCUT2D eigenvalue weighted by molar-refractivity contribution is 0.219. The summed E-state index contributed by atoms with van der Waals surface area (Å²) in [6.07, 6.45) is 2.20. The maximum Gasteiger partial charge on any atom is 0.123 e. The number of nitrogens with one attached hydrogen (secondary N) is 1. The number of thioether (sulfide) groups is 1. The molecule has 1 saturated heterocycles. The maximum atomic E-state index is 13.1. The van der Waals surface area contributed by atoms with Gasteiger partial charge in [-0.2, -0.15) is 11.8 Å². The summed E-state index contributed by atoms with van der Waals surface area (Å²) in [5, 5.41) is 3.61. The van der Waals surface area contributed by atoms with E-state index >= 15 is 0 Å². The van der Waals surface area contributed by atoms with Gasteiger partial charge in [0.15, 0.2) is 0 Å². The van der Waals surface area contributed by atoms with Crippen molar-refractivity contribution >= 4 is 11.8 Å². The second-order valence-electron chi connectivity index (χ2n) is 5.81. The second kappa shape index (κ2) is 8.76. The molecule has 0 aliphatic carbocycles. The Morgan fingerprint density at radius 1 is 1.38 bits per heavy atom. The Morgan fingerprint density at radius 3 is 2.81 bits per heavy atom. The summed E-state index contributed by atoms with van der Waals surface area (Å²) in [5.41, 5.74) is 1.20. The SMILES string of the molecule is CCCNC(CCN1CCSCC1C)c1ccc(F)cc1. The molecule has 21 heavy (non-hydrogen) atoms. The van der Waals surface area contributed by atoms with Crippen molar-refractivity contribution in [2.75, 3.05) is 31.1 Å². The molecular weight excluding hydrogens is 283 g/mol. The number of hydrogen-bond donors (Lipinski definition) is 1. The molecule has 1 aromatic carbocycles. The predicted molar refractivity (Wildman–Crippen MR) is 90.4 cm³/mol. The van der Waals surface area contributed by atoms with Gasteiger partial charge in [-0.15, -0.1) is 0 Å². The first kappa shape index (κ1) is 16.8. The molecular formula is C17H27FN2S. The molecule has 0 spiro atoms. The second-order valence-corrected chi connectivity index (χ2v) is 6.96. The van der Waals surface area contributed by atoms with Crippen molar-refractivity contribution in [3.05, 3.63) is 35.6 Å². The summed E-state index contributed by atoms with van der Waals surface area (Å²) in [7, 11) is 0. The Hall–Kier alpha value is -0.580. The number of halogens is 1. The van der Waals surface area contributed by atoms with Crippen LogP contribution >= 0.6 is 11.8 Å². The van der Waals surface area contributed by atoms with Gasteiger partial charge in [-0.05, 0) is 44.0 Å². The quantitative estimate of drug-likeness (QED) is 0.827. The smallest absolute Gasteiger partial charge is 0.123 e. The minimum absolute atomic E-state index is 0.158. The molecule has 2 nitrogen and oxygen atoms in total. The summed E-state index contributed by atoms with van der Waals surface area (Å²) in [6.45, 7) is 7.81. The normalized spacial score (nSPS) is 21.4. The van der Waals surface area contributed by atoms with Gasteiger partial charge in [-0.3, -0.25) is 4.90 Å². The van der Waals surface area contributed by atoms with Crippen LogP contribution in [0.1, 0.15) is 38.3 Å². The molecule has 2 unspecified atom stereocenters. The van der Waals surface area contributed by atoms with Crippen LogP contribution in [0.25, 0.3) is 0 Å². The minimum atomic E-state index is -0.158. The lowest BCUT2D eigenvalue weighted by Gasteiger charge is -2.34. The van der Waals surface area contributed by atoms with Gasteiger partial charge in [0, 0.05) is 36.7 Å². The monoisotopic (exact) mass is 310 g/mol. The van der Waals surface area contributed by atoms with Gasteiger partial charge in [0.1, 0.15) is 5.82 Å². The highest BCUT2D eigenvalue weighted by atomic mass is 32.2. The van der Waals surface area contributed by atoms with E-state index in [1.807, 2.05) is 12.1 Å². The molecule has 1 N–H and O–H groups in total. The number of benzene rings is 1. The van der Waals surface area contributed by atoms with Crippen LogP contribution in [0.3, 0.4) is 0 Å². The third-order valence-electron chi connectivity index (χ3n) is 4.12. The zero-order valence-corrected chi connectivity index (χ0v) is 14.0. The van der Waals surface area contributed by atoms with E-state index in [1.54, 1.807) is 12.1 Å². The van der Waals surface area contributed by atoms with Gasteiger partial charge in [0.2, 0.25) is 0 Å². The van der Waals surface area contributed by atoms with Crippen molar-refractivity contribution < 1.29 is 4.39 Å². The molecule has 4 heteroatoms. The van der Waals surface area contributed by atoms with Gasteiger partial charge in [0.25, 0.3) is 0 Å².